The molecule has 0 aliphatic rings. The summed E-state index contributed by atoms with van der Waals surface area (Å²) in [5, 5.41) is 2.79. The number of hydrogen-bond donors (Lipinski definition) is 1. The Labute approximate surface area is 122 Å². The van der Waals surface area contributed by atoms with Crippen LogP contribution >= 0.6 is 0 Å². The monoisotopic (exact) mass is 318 g/mol. The Hall–Kier alpha value is -2.18. The van der Waals surface area contributed by atoms with Gasteiger partial charge in [0.25, 0.3) is 0 Å². The van der Waals surface area contributed by atoms with Crippen molar-refractivity contribution in [1.29, 1.82) is 0 Å². The highest BCUT2D eigenvalue weighted by molar-refractivity contribution is 5.44. The molecule has 0 heterocycles. The lowest BCUT2D eigenvalue weighted by molar-refractivity contribution is -0.138. The van der Waals surface area contributed by atoms with Crippen molar-refractivity contribution in [3.8, 4) is 0 Å². The summed E-state index contributed by atoms with van der Waals surface area (Å²) < 4.78 is 74.3. The van der Waals surface area contributed by atoms with E-state index in [0.29, 0.717) is 11.3 Å². The SMILES string of the molecule is FC(F)(F)c1c[c]c(NCc2ccc(C(F)(F)F)cc2)cc1. The summed E-state index contributed by atoms with van der Waals surface area (Å²) in [5.74, 6) is 0. The van der Waals surface area contributed by atoms with Crippen molar-refractivity contribution in [2.75, 3.05) is 5.32 Å². The van der Waals surface area contributed by atoms with Crippen molar-refractivity contribution in [2.24, 2.45) is 0 Å². The third kappa shape index (κ3) is 4.16. The number of rotatable bonds is 3. The first-order valence-corrected chi connectivity index (χ1v) is 6.15. The third-order valence-electron chi connectivity index (χ3n) is 2.90. The van der Waals surface area contributed by atoms with Gasteiger partial charge in [-0.25, -0.2) is 0 Å². The molecule has 0 aliphatic heterocycles. The lowest BCUT2D eigenvalue weighted by atomic mass is 10.1. The van der Waals surface area contributed by atoms with Crippen LogP contribution in [-0.2, 0) is 18.9 Å². The largest absolute Gasteiger partial charge is 0.416 e. The van der Waals surface area contributed by atoms with E-state index in [4.69, 9.17) is 0 Å². The number of benzene rings is 2. The van der Waals surface area contributed by atoms with Crippen LogP contribution < -0.4 is 5.32 Å². The summed E-state index contributed by atoms with van der Waals surface area (Å²) in [6.07, 6.45) is -8.82. The molecular formula is C15H10F6N. The fourth-order valence-electron chi connectivity index (χ4n) is 1.72. The summed E-state index contributed by atoms with van der Waals surface area (Å²) in [5.41, 5.74) is -0.667. The molecule has 1 nitrogen and oxygen atoms in total. The highest BCUT2D eigenvalue weighted by Gasteiger charge is 2.30. The van der Waals surface area contributed by atoms with Gasteiger partial charge in [0.2, 0.25) is 0 Å². The second-order valence-corrected chi connectivity index (χ2v) is 4.54. The lowest BCUT2D eigenvalue weighted by Gasteiger charge is -2.10. The Morgan fingerprint density at radius 1 is 0.773 bits per heavy atom. The summed E-state index contributed by atoms with van der Waals surface area (Å²) in [4.78, 5) is 0. The highest BCUT2D eigenvalue weighted by atomic mass is 19.4. The fourth-order valence-corrected chi connectivity index (χ4v) is 1.72. The predicted molar refractivity (Wildman–Crippen MR) is 69.1 cm³/mol. The molecule has 0 bridgehead atoms. The Bertz CT molecular complexity index is 553. The minimum atomic E-state index is -4.43. The van der Waals surface area contributed by atoms with E-state index in [2.05, 4.69) is 11.4 Å². The Morgan fingerprint density at radius 2 is 1.32 bits per heavy atom. The molecule has 0 aromatic heterocycles. The van der Waals surface area contributed by atoms with Crippen LogP contribution in [0.3, 0.4) is 0 Å². The first kappa shape index (κ1) is 16.2. The van der Waals surface area contributed by atoms with Gasteiger partial charge in [-0.2, -0.15) is 26.3 Å². The number of hydrogen-bond acceptors (Lipinski definition) is 1. The van der Waals surface area contributed by atoms with Gasteiger partial charge >= 0.3 is 12.4 Å². The van der Waals surface area contributed by atoms with Crippen LogP contribution in [0.1, 0.15) is 16.7 Å². The lowest BCUT2D eigenvalue weighted by Crippen LogP contribution is -2.06. The van der Waals surface area contributed by atoms with Crippen LogP contribution in [0.4, 0.5) is 32.0 Å². The van der Waals surface area contributed by atoms with Crippen LogP contribution in [0.25, 0.3) is 0 Å². The summed E-state index contributed by atoms with van der Waals surface area (Å²) in [7, 11) is 0. The molecule has 0 spiro atoms. The second kappa shape index (κ2) is 5.90. The molecule has 0 amide bonds. The summed E-state index contributed by atoms with van der Waals surface area (Å²) in [6.45, 7) is 0.181. The molecule has 1 N–H and O–H groups in total. The zero-order valence-electron chi connectivity index (χ0n) is 11.0. The van der Waals surface area contributed by atoms with Crippen LogP contribution in [0.15, 0.2) is 42.5 Å². The van der Waals surface area contributed by atoms with Gasteiger partial charge in [-0.15, -0.1) is 0 Å². The van der Waals surface area contributed by atoms with Crippen molar-refractivity contribution in [3.63, 3.8) is 0 Å². The molecule has 0 saturated carbocycles. The van der Waals surface area contributed by atoms with Crippen LogP contribution in [0.2, 0.25) is 0 Å². The average molecular weight is 318 g/mol. The van der Waals surface area contributed by atoms with Crippen LogP contribution in [-0.4, -0.2) is 0 Å². The summed E-state index contributed by atoms with van der Waals surface area (Å²) in [6, 6.07) is 9.89. The van der Waals surface area contributed by atoms with E-state index in [1.54, 1.807) is 0 Å². The number of alkyl halides is 6. The zero-order valence-corrected chi connectivity index (χ0v) is 11.0. The minimum absolute atomic E-state index is 0.181. The van der Waals surface area contributed by atoms with Gasteiger partial charge in [0.15, 0.2) is 0 Å². The van der Waals surface area contributed by atoms with Crippen molar-refractivity contribution in [1.82, 2.24) is 0 Å². The van der Waals surface area contributed by atoms with Gasteiger partial charge < -0.3 is 5.32 Å². The van der Waals surface area contributed by atoms with Gasteiger partial charge in [-0.05, 0) is 35.9 Å². The van der Waals surface area contributed by atoms with E-state index in [1.807, 2.05) is 0 Å². The van der Waals surface area contributed by atoms with E-state index in [-0.39, 0.29) is 6.54 Å². The van der Waals surface area contributed by atoms with Gasteiger partial charge in [0.05, 0.1) is 11.1 Å². The molecule has 22 heavy (non-hydrogen) atoms. The highest BCUT2D eigenvalue weighted by Crippen LogP contribution is 2.30. The van der Waals surface area contributed by atoms with Crippen molar-refractivity contribution in [3.05, 3.63) is 65.2 Å². The minimum Gasteiger partial charge on any atom is -0.380 e. The first-order chi connectivity index (χ1) is 10.2. The maximum absolute atomic E-state index is 12.4. The Balaban J connectivity index is 1.98. The van der Waals surface area contributed by atoms with Gasteiger partial charge in [-0.3, -0.25) is 0 Å². The molecule has 2 rings (SSSR count). The quantitative estimate of drug-likeness (QED) is 0.773. The van der Waals surface area contributed by atoms with E-state index < -0.39 is 23.5 Å². The molecule has 1 radical (unpaired) electrons. The Morgan fingerprint density at radius 3 is 1.77 bits per heavy atom. The molecule has 117 valence electrons. The molecule has 0 atom stereocenters. The molecule has 2 aromatic carbocycles. The van der Waals surface area contributed by atoms with Crippen molar-refractivity contribution in [2.45, 2.75) is 18.9 Å². The predicted octanol–water partition coefficient (Wildman–Crippen LogP) is 5.14. The first-order valence-electron chi connectivity index (χ1n) is 6.15. The van der Waals surface area contributed by atoms with E-state index in [1.165, 1.54) is 18.2 Å². The topological polar surface area (TPSA) is 12.0 Å². The smallest absolute Gasteiger partial charge is 0.380 e. The molecule has 2 aromatic rings. The third-order valence-corrected chi connectivity index (χ3v) is 2.90. The average Bonchev–Trinajstić information content (AvgIpc) is 2.44. The van der Waals surface area contributed by atoms with Crippen molar-refractivity contribution < 1.29 is 26.3 Å². The van der Waals surface area contributed by atoms with Crippen LogP contribution in [0.5, 0.6) is 0 Å². The molecule has 0 saturated heterocycles. The molecule has 0 unspecified atom stereocenters. The maximum atomic E-state index is 12.4. The number of nitrogens with one attached hydrogen (secondary N) is 1. The normalized spacial score (nSPS) is 12.3. The molecular weight excluding hydrogens is 308 g/mol. The molecule has 7 heteroatoms. The molecule has 0 fully saturated rings. The van der Waals surface area contributed by atoms with E-state index in [9.17, 15) is 26.3 Å². The van der Waals surface area contributed by atoms with Gasteiger partial charge in [-0.1, -0.05) is 12.1 Å². The summed E-state index contributed by atoms with van der Waals surface area (Å²) >= 11 is 0. The van der Waals surface area contributed by atoms with Crippen LogP contribution in [0, 0.1) is 6.07 Å². The van der Waals surface area contributed by atoms with Gasteiger partial charge in [0.1, 0.15) is 0 Å². The fraction of sp³-hybridized carbons (Fsp3) is 0.200. The van der Waals surface area contributed by atoms with Gasteiger partial charge in [0, 0.05) is 18.3 Å². The Kier molecular flexibility index (Phi) is 4.35. The number of halogens is 6. The standard InChI is InChI=1S/C15H10F6N/c16-14(17,18)11-3-1-10(2-4-11)9-22-13-7-5-12(6-8-13)15(19,20)21/h1-7,22H,9H2. The number of anilines is 1. The molecule has 0 aliphatic carbocycles. The second-order valence-electron chi connectivity index (χ2n) is 4.54. The maximum Gasteiger partial charge on any atom is 0.416 e. The zero-order chi connectivity index (χ0) is 16.4. The van der Waals surface area contributed by atoms with E-state index >= 15 is 0 Å². The van der Waals surface area contributed by atoms with E-state index in [0.717, 1.165) is 24.3 Å². The van der Waals surface area contributed by atoms with Crippen molar-refractivity contribution >= 4 is 5.69 Å².